The highest BCUT2D eigenvalue weighted by Crippen LogP contribution is 2.21. The Labute approximate surface area is 147 Å². The number of ether oxygens (including phenoxy) is 2. The second-order valence-electron chi connectivity index (χ2n) is 6.00. The first-order chi connectivity index (χ1) is 12.3. The predicted molar refractivity (Wildman–Crippen MR) is 94.7 cm³/mol. The minimum Gasteiger partial charge on any atom is -0.485 e. The molecule has 25 heavy (non-hydrogen) atoms. The molecule has 1 unspecified atom stereocenters. The van der Waals surface area contributed by atoms with Crippen molar-refractivity contribution in [2.45, 2.75) is 32.0 Å². The molecule has 5 heteroatoms. The maximum atomic E-state index is 12.1. The van der Waals surface area contributed by atoms with Crippen LogP contribution in [-0.2, 0) is 17.8 Å². The Kier molecular flexibility index (Phi) is 5.90. The van der Waals surface area contributed by atoms with Crippen LogP contribution in [0.25, 0.3) is 0 Å². The summed E-state index contributed by atoms with van der Waals surface area (Å²) in [5, 5.41) is 2.84. The van der Waals surface area contributed by atoms with Crippen molar-refractivity contribution in [1.82, 2.24) is 5.32 Å². The van der Waals surface area contributed by atoms with E-state index in [1.165, 1.54) is 0 Å². The molecular formula is C20H23NO4. The fourth-order valence-corrected chi connectivity index (χ4v) is 2.79. The van der Waals surface area contributed by atoms with Gasteiger partial charge in [-0.05, 0) is 43.0 Å². The van der Waals surface area contributed by atoms with Crippen molar-refractivity contribution in [3.63, 3.8) is 0 Å². The maximum absolute atomic E-state index is 12.1. The van der Waals surface area contributed by atoms with Crippen molar-refractivity contribution in [3.8, 4) is 5.75 Å². The number of hydrogen-bond donors (Lipinski definition) is 1. The average molecular weight is 341 g/mol. The molecule has 3 rings (SSSR count). The molecule has 0 spiro atoms. The van der Waals surface area contributed by atoms with Gasteiger partial charge in [0.1, 0.15) is 18.1 Å². The van der Waals surface area contributed by atoms with Gasteiger partial charge < -0.3 is 19.2 Å². The van der Waals surface area contributed by atoms with Gasteiger partial charge in [0.25, 0.3) is 5.91 Å². The molecule has 2 heterocycles. The van der Waals surface area contributed by atoms with Gasteiger partial charge in [0.2, 0.25) is 0 Å². The van der Waals surface area contributed by atoms with Crippen molar-refractivity contribution in [1.29, 1.82) is 0 Å². The normalized spacial score (nSPS) is 16.6. The number of benzene rings is 1. The highest BCUT2D eigenvalue weighted by Gasteiger charge is 2.18. The molecule has 1 aromatic carbocycles. The van der Waals surface area contributed by atoms with Gasteiger partial charge >= 0.3 is 0 Å². The Bertz CT molecular complexity index is 716. The molecule has 2 aromatic rings. The van der Waals surface area contributed by atoms with E-state index >= 15 is 0 Å². The van der Waals surface area contributed by atoms with Crippen LogP contribution in [-0.4, -0.2) is 25.2 Å². The van der Waals surface area contributed by atoms with Gasteiger partial charge in [-0.2, -0.15) is 0 Å². The standard InChI is InChI=1S/C20H23NO4/c1-2-6-15-7-3-4-9-18(15)24-14-17-10-11-19(25-17)20(22)21-13-16-8-5-12-23-16/h2-4,7,9-11,16H,1,5-6,8,12-14H2,(H,21,22). The molecule has 0 radical (unpaired) electrons. The van der Waals surface area contributed by atoms with Crippen LogP contribution in [0, 0.1) is 0 Å². The van der Waals surface area contributed by atoms with E-state index in [2.05, 4.69) is 11.9 Å². The molecule has 0 saturated carbocycles. The first-order valence-electron chi connectivity index (χ1n) is 8.56. The second kappa shape index (κ2) is 8.53. The summed E-state index contributed by atoms with van der Waals surface area (Å²) in [4.78, 5) is 12.1. The molecule has 1 atom stereocenters. The topological polar surface area (TPSA) is 60.7 Å². The zero-order valence-corrected chi connectivity index (χ0v) is 14.2. The Hall–Kier alpha value is -2.53. The van der Waals surface area contributed by atoms with Gasteiger partial charge in [-0.3, -0.25) is 4.79 Å². The van der Waals surface area contributed by atoms with E-state index in [4.69, 9.17) is 13.9 Å². The van der Waals surface area contributed by atoms with E-state index in [0.29, 0.717) is 12.3 Å². The van der Waals surface area contributed by atoms with Gasteiger partial charge in [-0.25, -0.2) is 0 Å². The molecule has 1 aliphatic heterocycles. The Morgan fingerprint density at radius 3 is 3.00 bits per heavy atom. The van der Waals surface area contributed by atoms with Crippen LogP contribution in [0.4, 0.5) is 0 Å². The minimum atomic E-state index is -0.228. The number of hydrogen-bond acceptors (Lipinski definition) is 4. The summed E-state index contributed by atoms with van der Waals surface area (Å²) < 4.78 is 16.9. The number of rotatable bonds is 8. The van der Waals surface area contributed by atoms with Crippen LogP contribution in [0.3, 0.4) is 0 Å². The van der Waals surface area contributed by atoms with E-state index in [0.717, 1.165) is 37.2 Å². The summed E-state index contributed by atoms with van der Waals surface area (Å²) in [6.45, 7) is 5.32. The number of nitrogens with one attached hydrogen (secondary N) is 1. The average Bonchev–Trinajstić information content (AvgIpc) is 3.31. The lowest BCUT2D eigenvalue weighted by atomic mass is 10.1. The fourth-order valence-electron chi connectivity index (χ4n) is 2.79. The monoisotopic (exact) mass is 341 g/mol. The molecule has 1 amide bonds. The summed E-state index contributed by atoms with van der Waals surface area (Å²) in [7, 11) is 0. The van der Waals surface area contributed by atoms with Crippen LogP contribution in [0.1, 0.15) is 34.7 Å². The summed E-state index contributed by atoms with van der Waals surface area (Å²) in [5.41, 5.74) is 1.07. The van der Waals surface area contributed by atoms with Crippen molar-refractivity contribution in [2.24, 2.45) is 0 Å². The van der Waals surface area contributed by atoms with Crippen molar-refractivity contribution in [3.05, 3.63) is 66.1 Å². The predicted octanol–water partition coefficient (Wildman–Crippen LogP) is 3.50. The number of carbonyl (C=O) groups excluding carboxylic acids is 1. The van der Waals surface area contributed by atoms with E-state index in [1.807, 2.05) is 30.3 Å². The van der Waals surface area contributed by atoms with E-state index in [-0.39, 0.29) is 24.4 Å². The first kappa shape index (κ1) is 17.3. The van der Waals surface area contributed by atoms with E-state index < -0.39 is 0 Å². The highest BCUT2D eigenvalue weighted by molar-refractivity contribution is 5.91. The molecule has 1 fully saturated rings. The number of carbonyl (C=O) groups is 1. The van der Waals surface area contributed by atoms with Gasteiger partial charge in [0.15, 0.2) is 5.76 Å². The Balaban J connectivity index is 1.53. The van der Waals surface area contributed by atoms with Gasteiger partial charge in [-0.15, -0.1) is 6.58 Å². The van der Waals surface area contributed by atoms with Gasteiger partial charge in [-0.1, -0.05) is 24.3 Å². The van der Waals surface area contributed by atoms with Crippen molar-refractivity contribution in [2.75, 3.05) is 13.2 Å². The van der Waals surface area contributed by atoms with Crippen molar-refractivity contribution >= 4 is 5.91 Å². The molecule has 1 saturated heterocycles. The quantitative estimate of drug-likeness (QED) is 0.747. The zero-order chi connectivity index (χ0) is 17.5. The highest BCUT2D eigenvalue weighted by atomic mass is 16.5. The van der Waals surface area contributed by atoms with Crippen LogP contribution < -0.4 is 10.1 Å². The third-order valence-electron chi connectivity index (χ3n) is 4.11. The van der Waals surface area contributed by atoms with Gasteiger partial charge in [0.05, 0.1) is 6.10 Å². The summed E-state index contributed by atoms with van der Waals surface area (Å²) in [6.07, 6.45) is 4.73. The van der Waals surface area contributed by atoms with Crippen LogP contribution >= 0.6 is 0 Å². The molecule has 1 aliphatic rings. The summed E-state index contributed by atoms with van der Waals surface area (Å²) >= 11 is 0. The lowest BCUT2D eigenvalue weighted by molar-refractivity contribution is 0.0832. The molecule has 1 N–H and O–H groups in total. The SMILES string of the molecule is C=CCc1ccccc1OCc1ccc(C(=O)NCC2CCCO2)o1. The molecule has 132 valence electrons. The molecule has 0 bridgehead atoms. The molecular weight excluding hydrogens is 318 g/mol. The zero-order valence-electron chi connectivity index (χ0n) is 14.2. The van der Waals surface area contributed by atoms with Crippen LogP contribution in [0.5, 0.6) is 5.75 Å². The lowest BCUT2D eigenvalue weighted by Crippen LogP contribution is -2.31. The summed E-state index contributed by atoms with van der Waals surface area (Å²) in [5.74, 6) is 1.46. The third-order valence-corrected chi connectivity index (χ3v) is 4.11. The lowest BCUT2D eigenvalue weighted by Gasteiger charge is -2.10. The first-order valence-corrected chi connectivity index (χ1v) is 8.56. The van der Waals surface area contributed by atoms with Crippen LogP contribution in [0.2, 0.25) is 0 Å². The number of furan rings is 1. The van der Waals surface area contributed by atoms with E-state index in [9.17, 15) is 4.79 Å². The van der Waals surface area contributed by atoms with E-state index in [1.54, 1.807) is 12.1 Å². The molecule has 5 nitrogen and oxygen atoms in total. The number of para-hydroxylation sites is 1. The second-order valence-corrected chi connectivity index (χ2v) is 6.00. The summed E-state index contributed by atoms with van der Waals surface area (Å²) in [6, 6.07) is 11.2. The maximum Gasteiger partial charge on any atom is 0.287 e. The largest absolute Gasteiger partial charge is 0.485 e. The van der Waals surface area contributed by atoms with Crippen molar-refractivity contribution < 1.29 is 18.7 Å². The fraction of sp³-hybridized carbons (Fsp3) is 0.350. The molecule has 1 aromatic heterocycles. The third kappa shape index (κ3) is 4.73. The Morgan fingerprint density at radius 2 is 2.20 bits per heavy atom. The smallest absolute Gasteiger partial charge is 0.287 e. The number of amides is 1. The van der Waals surface area contributed by atoms with Gasteiger partial charge in [0, 0.05) is 13.2 Å². The number of allylic oxidation sites excluding steroid dienone is 1. The minimum absolute atomic E-state index is 0.114. The Morgan fingerprint density at radius 1 is 1.32 bits per heavy atom. The molecule has 0 aliphatic carbocycles. The van der Waals surface area contributed by atoms with Crippen LogP contribution in [0.15, 0.2) is 53.5 Å².